The molecule has 0 aliphatic heterocycles. The van der Waals surface area contributed by atoms with Crippen molar-refractivity contribution in [2.75, 3.05) is 17.6 Å². The Kier molecular flexibility index (Phi) is 3.71. The molecule has 4 nitrogen and oxygen atoms in total. The molecule has 0 saturated carbocycles. The smallest absolute Gasteiger partial charge is 0.195 e. The van der Waals surface area contributed by atoms with Crippen LogP contribution < -0.4 is 11.1 Å². The number of nitriles is 1. The number of fused-ring (bicyclic) bond motifs is 1. The van der Waals surface area contributed by atoms with Gasteiger partial charge in [-0.15, -0.1) is 11.3 Å². The van der Waals surface area contributed by atoms with Crippen molar-refractivity contribution in [1.82, 2.24) is 4.98 Å². The summed E-state index contributed by atoms with van der Waals surface area (Å²) in [6.07, 6.45) is 0.935. The van der Waals surface area contributed by atoms with E-state index < -0.39 is 0 Å². The quantitative estimate of drug-likeness (QED) is 0.723. The van der Waals surface area contributed by atoms with E-state index >= 15 is 0 Å². The molecule has 1 aromatic heterocycles. The molecule has 0 radical (unpaired) electrons. The highest BCUT2D eigenvalue weighted by Gasteiger charge is 2.03. The number of anilines is 2. The summed E-state index contributed by atoms with van der Waals surface area (Å²) >= 11 is 1.42. The molecule has 0 amide bonds. The molecule has 0 aliphatic carbocycles. The summed E-state index contributed by atoms with van der Waals surface area (Å²) in [5.41, 5.74) is 9.63. The molecule has 3 rings (SSSR count). The summed E-state index contributed by atoms with van der Waals surface area (Å²) in [5, 5.41) is 12.8. The van der Waals surface area contributed by atoms with Crippen LogP contribution in [0.2, 0.25) is 0 Å². The van der Waals surface area contributed by atoms with E-state index in [4.69, 9.17) is 11.0 Å². The van der Waals surface area contributed by atoms with E-state index in [0.29, 0.717) is 5.01 Å². The van der Waals surface area contributed by atoms with Crippen molar-refractivity contribution in [2.45, 2.75) is 6.42 Å². The zero-order valence-corrected chi connectivity index (χ0v) is 12.2. The van der Waals surface area contributed by atoms with E-state index in [1.165, 1.54) is 16.9 Å². The van der Waals surface area contributed by atoms with Gasteiger partial charge in [0.2, 0.25) is 0 Å². The van der Waals surface area contributed by atoms with Crippen molar-refractivity contribution in [2.24, 2.45) is 0 Å². The fourth-order valence-electron chi connectivity index (χ4n) is 2.12. The Hall–Kier alpha value is -2.58. The van der Waals surface area contributed by atoms with Gasteiger partial charge in [0.15, 0.2) is 5.01 Å². The molecule has 0 saturated heterocycles. The third-order valence-corrected chi connectivity index (χ3v) is 4.13. The highest BCUT2D eigenvalue weighted by Crippen LogP contribution is 2.24. The van der Waals surface area contributed by atoms with Gasteiger partial charge < -0.3 is 11.1 Å². The average Bonchev–Trinajstić information content (AvgIpc) is 2.91. The molecule has 0 aliphatic rings. The fraction of sp³-hybridized carbons (Fsp3) is 0.125. The van der Waals surface area contributed by atoms with Crippen LogP contribution in [-0.4, -0.2) is 11.5 Å². The zero-order valence-electron chi connectivity index (χ0n) is 11.3. The van der Waals surface area contributed by atoms with Crippen LogP contribution in [0.3, 0.4) is 0 Å². The second-order valence-electron chi connectivity index (χ2n) is 4.73. The maximum atomic E-state index is 8.87. The van der Waals surface area contributed by atoms with Gasteiger partial charge in [0.05, 0.1) is 10.2 Å². The molecular formula is C16H14N4S. The maximum absolute atomic E-state index is 8.87. The van der Waals surface area contributed by atoms with E-state index in [0.717, 1.165) is 34.6 Å². The molecule has 3 aromatic rings. The van der Waals surface area contributed by atoms with Gasteiger partial charge in [-0.2, -0.15) is 5.26 Å². The number of rotatable bonds is 4. The third-order valence-electron chi connectivity index (χ3n) is 3.21. The largest absolute Gasteiger partial charge is 0.399 e. The number of hydrogen-bond donors (Lipinski definition) is 2. The lowest BCUT2D eigenvalue weighted by Crippen LogP contribution is -2.04. The topological polar surface area (TPSA) is 74.7 Å². The highest BCUT2D eigenvalue weighted by molar-refractivity contribution is 7.19. The second-order valence-corrected chi connectivity index (χ2v) is 5.76. The highest BCUT2D eigenvalue weighted by atomic mass is 32.1. The Morgan fingerprint density at radius 1 is 1.19 bits per heavy atom. The predicted octanol–water partition coefficient (Wildman–Crippen LogP) is 3.40. The number of aromatic nitrogens is 1. The van der Waals surface area contributed by atoms with Crippen molar-refractivity contribution in [3.8, 4) is 6.07 Å². The molecule has 104 valence electrons. The van der Waals surface area contributed by atoms with Crippen LogP contribution in [-0.2, 0) is 6.42 Å². The number of benzene rings is 2. The Morgan fingerprint density at radius 2 is 2.00 bits per heavy atom. The van der Waals surface area contributed by atoms with Gasteiger partial charge in [-0.3, -0.25) is 0 Å². The summed E-state index contributed by atoms with van der Waals surface area (Å²) in [6.45, 7) is 0.847. The van der Waals surface area contributed by atoms with Crippen LogP contribution in [0, 0.1) is 11.3 Å². The maximum Gasteiger partial charge on any atom is 0.195 e. The minimum absolute atomic E-state index is 0.504. The summed E-state index contributed by atoms with van der Waals surface area (Å²) in [4.78, 5) is 4.23. The average molecular weight is 294 g/mol. The molecule has 0 bridgehead atoms. The third kappa shape index (κ3) is 3.12. The number of nitrogen functional groups attached to an aromatic ring is 1. The van der Waals surface area contributed by atoms with Gasteiger partial charge >= 0.3 is 0 Å². The second kappa shape index (κ2) is 5.81. The first kappa shape index (κ1) is 13.4. The SMILES string of the molecule is N#Cc1nc2ccc(NCCc3ccc(N)cc3)cc2s1. The molecule has 2 aromatic carbocycles. The van der Waals surface area contributed by atoms with Gasteiger partial charge in [-0.25, -0.2) is 4.98 Å². The first-order chi connectivity index (χ1) is 10.2. The predicted molar refractivity (Wildman–Crippen MR) is 87.4 cm³/mol. The Balaban J connectivity index is 1.65. The Morgan fingerprint density at radius 3 is 2.76 bits per heavy atom. The zero-order chi connectivity index (χ0) is 14.7. The first-order valence-electron chi connectivity index (χ1n) is 6.63. The van der Waals surface area contributed by atoms with E-state index in [9.17, 15) is 0 Å². The minimum Gasteiger partial charge on any atom is -0.399 e. The van der Waals surface area contributed by atoms with E-state index in [1.54, 1.807) is 0 Å². The van der Waals surface area contributed by atoms with Gasteiger partial charge in [-0.1, -0.05) is 12.1 Å². The van der Waals surface area contributed by atoms with Gasteiger partial charge in [0.1, 0.15) is 6.07 Å². The fourth-order valence-corrected chi connectivity index (χ4v) is 2.92. The molecule has 5 heteroatoms. The summed E-state index contributed by atoms with van der Waals surface area (Å²) in [6, 6.07) is 16.0. The molecule has 1 heterocycles. The Bertz CT molecular complexity index is 799. The summed E-state index contributed by atoms with van der Waals surface area (Å²) < 4.78 is 1.03. The van der Waals surface area contributed by atoms with Crippen LogP contribution in [0.15, 0.2) is 42.5 Å². The molecule has 0 atom stereocenters. The minimum atomic E-state index is 0.504. The van der Waals surface area contributed by atoms with Crippen molar-refractivity contribution >= 4 is 32.9 Å². The van der Waals surface area contributed by atoms with Crippen LogP contribution >= 0.6 is 11.3 Å². The van der Waals surface area contributed by atoms with E-state index in [2.05, 4.69) is 16.4 Å². The van der Waals surface area contributed by atoms with Crippen LogP contribution in [0.25, 0.3) is 10.2 Å². The molecule has 0 unspecified atom stereocenters. The number of nitrogens with zero attached hydrogens (tertiary/aromatic N) is 2. The normalized spacial score (nSPS) is 10.4. The number of thiazole rings is 1. The van der Waals surface area contributed by atoms with E-state index in [1.807, 2.05) is 42.5 Å². The van der Waals surface area contributed by atoms with Gasteiger partial charge in [0, 0.05) is 17.9 Å². The lowest BCUT2D eigenvalue weighted by molar-refractivity contribution is 1.02. The summed E-state index contributed by atoms with van der Waals surface area (Å²) in [7, 11) is 0. The first-order valence-corrected chi connectivity index (χ1v) is 7.45. The summed E-state index contributed by atoms with van der Waals surface area (Å²) in [5.74, 6) is 0. The molecule has 0 spiro atoms. The molecule has 3 N–H and O–H groups in total. The number of nitrogens with one attached hydrogen (secondary N) is 1. The number of hydrogen-bond acceptors (Lipinski definition) is 5. The molecule has 0 fully saturated rings. The van der Waals surface area contributed by atoms with Gasteiger partial charge in [0.25, 0.3) is 0 Å². The Labute approximate surface area is 126 Å². The van der Waals surface area contributed by atoms with Crippen LogP contribution in [0.5, 0.6) is 0 Å². The number of nitrogens with two attached hydrogens (primary N) is 1. The lowest BCUT2D eigenvalue weighted by atomic mass is 10.1. The van der Waals surface area contributed by atoms with Crippen molar-refractivity contribution in [3.05, 3.63) is 53.0 Å². The molecule has 21 heavy (non-hydrogen) atoms. The van der Waals surface area contributed by atoms with Crippen LogP contribution in [0.1, 0.15) is 10.6 Å². The lowest BCUT2D eigenvalue weighted by Gasteiger charge is -2.06. The van der Waals surface area contributed by atoms with Gasteiger partial charge in [-0.05, 0) is 42.3 Å². The van der Waals surface area contributed by atoms with E-state index in [-0.39, 0.29) is 0 Å². The van der Waals surface area contributed by atoms with Crippen molar-refractivity contribution < 1.29 is 0 Å². The monoisotopic (exact) mass is 294 g/mol. The van der Waals surface area contributed by atoms with Crippen molar-refractivity contribution in [3.63, 3.8) is 0 Å². The standard InChI is InChI=1S/C16H14N4S/c17-10-16-20-14-6-5-13(9-15(14)21-16)19-8-7-11-1-3-12(18)4-2-11/h1-6,9,19H,7-8,18H2. The molecular weight excluding hydrogens is 280 g/mol. The van der Waals surface area contributed by atoms with Crippen LogP contribution in [0.4, 0.5) is 11.4 Å². The van der Waals surface area contributed by atoms with Crippen molar-refractivity contribution in [1.29, 1.82) is 5.26 Å².